The molecule has 0 aromatic heterocycles. The van der Waals surface area contributed by atoms with Gasteiger partial charge in [-0.05, 0) is 49.2 Å². The number of piperidine rings is 1. The predicted octanol–water partition coefficient (Wildman–Crippen LogP) is 5.21. The van der Waals surface area contributed by atoms with Gasteiger partial charge in [0.05, 0.1) is 15.5 Å². The van der Waals surface area contributed by atoms with Gasteiger partial charge in [-0.15, -0.1) is 11.8 Å². The fourth-order valence-electron chi connectivity index (χ4n) is 3.88. The van der Waals surface area contributed by atoms with Crippen molar-refractivity contribution in [3.63, 3.8) is 0 Å². The van der Waals surface area contributed by atoms with Crippen molar-refractivity contribution in [2.45, 2.75) is 17.7 Å². The van der Waals surface area contributed by atoms with E-state index in [1.54, 1.807) is 41.3 Å². The van der Waals surface area contributed by atoms with Crippen LogP contribution in [-0.4, -0.2) is 52.0 Å². The molecule has 5 nitrogen and oxygen atoms in total. The van der Waals surface area contributed by atoms with Crippen LogP contribution >= 0.6 is 35.0 Å². The lowest BCUT2D eigenvalue weighted by Gasteiger charge is -2.44. The number of urea groups is 1. The first-order valence-electron chi connectivity index (χ1n) is 9.50. The number of nitrogens with zero attached hydrogens (tertiary/aromatic N) is 2. The van der Waals surface area contributed by atoms with E-state index in [9.17, 15) is 9.59 Å². The molecule has 2 aliphatic rings. The molecule has 2 aromatic carbocycles. The first-order chi connectivity index (χ1) is 14.0. The maximum absolute atomic E-state index is 13.1. The minimum absolute atomic E-state index is 0.0281. The van der Waals surface area contributed by atoms with Crippen molar-refractivity contribution in [1.29, 1.82) is 0 Å². The Morgan fingerprint density at radius 1 is 0.966 bits per heavy atom. The average molecular weight is 450 g/mol. The molecule has 1 N–H and O–H groups in total. The molecule has 0 aliphatic carbocycles. The Balaban J connectivity index is 1.42. The van der Waals surface area contributed by atoms with Crippen molar-refractivity contribution in [2.24, 2.45) is 0 Å². The first kappa shape index (κ1) is 20.4. The molecular formula is C21H21Cl2N3O2S. The number of amides is 3. The number of likely N-dealkylation sites (tertiary alicyclic amines) is 1. The smallest absolute Gasteiger partial charge is 0.321 e. The van der Waals surface area contributed by atoms with Crippen molar-refractivity contribution in [1.82, 2.24) is 9.80 Å². The molecule has 2 aromatic rings. The lowest BCUT2D eigenvalue weighted by Crippen LogP contribution is -2.54. The van der Waals surface area contributed by atoms with Crippen molar-refractivity contribution in [2.75, 3.05) is 30.7 Å². The van der Waals surface area contributed by atoms with E-state index in [1.807, 2.05) is 28.8 Å². The zero-order chi connectivity index (χ0) is 20.4. The highest BCUT2D eigenvalue weighted by atomic mass is 35.5. The van der Waals surface area contributed by atoms with Gasteiger partial charge >= 0.3 is 6.03 Å². The summed E-state index contributed by atoms with van der Waals surface area (Å²) in [5.74, 6) is 0.868. The Bertz CT molecular complexity index is 914. The fourth-order valence-corrected chi connectivity index (χ4v) is 5.68. The van der Waals surface area contributed by atoms with Crippen molar-refractivity contribution < 1.29 is 9.59 Å². The highest BCUT2D eigenvalue weighted by molar-refractivity contribution is 8.00. The largest absolute Gasteiger partial charge is 0.324 e. The number of anilines is 1. The van der Waals surface area contributed by atoms with Gasteiger partial charge in [-0.25, -0.2) is 4.79 Å². The monoisotopic (exact) mass is 449 g/mol. The van der Waals surface area contributed by atoms with Gasteiger partial charge in [0.2, 0.25) is 0 Å². The van der Waals surface area contributed by atoms with E-state index in [2.05, 4.69) is 5.32 Å². The Morgan fingerprint density at radius 2 is 1.66 bits per heavy atom. The lowest BCUT2D eigenvalue weighted by atomic mass is 10.0. The maximum atomic E-state index is 13.1. The normalized spacial score (nSPS) is 18.1. The van der Waals surface area contributed by atoms with Gasteiger partial charge in [-0.1, -0.05) is 35.3 Å². The number of hydrogen-bond donors (Lipinski definition) is 1. The van der Waals surface area contributed by atoms with Crippen LogP contribution in [0.5, 0.6) is 0 Å². The Kier molecular flexibility index (Phi) is 5.95. The minimum atomic E-state index is -0.271. The average Bonchev–Trinajstić information content (AvgIpc) is 3.13. The van der Waals surface area contributed by atoms with Crippen LogP contribution in [0, 0.1) is 0 Å². The van der Waals surface area contributed by atoms with Gasteiger partial charge in [0.1, 0.15) is 0 Å². The molecule has 8 heteroatoms. The molecule has 0 bridgehead atoms. The van der Waals surface area contributed by atoms with Crippen LogP contribution in [-0.2, 0) is 0 Å². The molecule has 3 amide bonds. The molecular weight excluding hydrogens is 429 g/mol. The Hall–Kier alpha value is -1.89. The lowest BCUT2D eigenvalue weighted by molar-refractivity contribution is 0.0586. The zero-order valence-electron chi connectivity index (χ0n) is 15.7. The number of thioether (sulfide) groups is 1. The van der Waals surface area contributed by atoms with Crippen molar-refractivity contribution >= 4 is 52.6 Å². The second kappa shape index (κ2) is 8.46. The van der Waals surface area contributed by atoms with Crippen molar-refractivity contribution in [3.05, 3.63) is 64.1 Å². The van der Waals surface area contributed by atoms with Crippen LogP contribution in [0.4, 0.5) is 10.5 Å². The van der Waals surface area contributed by atoms with Gasteiger partial charge in [0.15, 0.2) is 0 Å². The molecule has 0 radical (unpaired) electrons. The number of carbonyl (C=O) groups excluding carboxylic acids is 2. The van der Waals surface area contributed by atoms with E-state index in [0.29, 0.717) is 40.9 Å². The molecule has 29 heavy (non-hydrogen) atoms. The molecule has 1 spiro atoms. The number of rotatable bonds is 2. The second-order valence-corrected chi connectivity index (χ2v) is 9.46. The van der Waals surface area contributed by atoms with Crippen molar-refractivity contribution in [3.8, 4) is 0 Å². The van der Waals surface area contributed by atoms with E-state index < -0.39 is 0 Å². The molecule has 2 saturated heterocycles. The third-order valence-electron chi connectivity index (χ3n) is 5.45. The summed E-state index contributed by atoms with van der Waals surface area (Å²) in [7, 11) is 0. The van der Waals surface area contributed by atoms with Crippen LogP contribution in [0.3, 0.4) is 0 Å². The number of halogens is 2. The zero-order valence-corrected chi connectivity index (χ0v) is 18.1. The SMILES string of the molecule is O=C(Nc1ccc(Cl)cc1)N1CCC2(CC1)SCCN2C(=O)c1ccccc1Cl. The number of benzene rings is 2. The topological polar surface area (TPSA) is 52.7 Å². The van der Waals surface area contributed by atoms with Gasteiger partial charge in [-0.3, -0.25) is 4.79 Å². The first-order valence-corrected chi connectivity index (χ1v) is 11.2. The highest BCUT2D eigenvalue weighted by Gasteiger charge is 2.47. The van der Waals surface area contributed by atoms with E-state index in [-0.39, 0.29) is 16.8 Å². The molecule has 152 valence electrons. The van der Waals surface area contributed by atoms with E-state index >= 15 is 0 Å². The molecule has 4 rings (SSSR count). The van der Waals surface area contributed by atoms with Gasteiger partial charge < -0.3 is 15.1 Å². The summed E-state index contributed by atoms with van der Waals surface area (Å²) in [5.41, 5.74) is 1.25. The highest BCUT2D eigenvalue weighted by Crippen LogP contribution is 2.45. The number of nitrogens with one attached hydrogen (secondary N) is 1. The summed E-state index contributed by atoms with van der Waals surface area (Å²) >= 11 is 14.0. The van der Waals surface area contributed by atoms with Gasteiger partial charge in [0, 0.05) is 36.1 Å². The van der Waals surface area contributed by atoms with E-state index in [4.69, 9.17) is 23.2 Å². The van der Waals surface area contributed by atoms with Crippen LogP contribution in [0.2, 0.25) is 10.0 Å². The van der Waals surface area contributed by atoms with E-state index in [1.165, 1.54) is 0 Å². The predicted molar refractivity (Wildman–Crippen MR) is 119 cm³/mol. The third-order valence-corrected chi connectivity index (χ3v) is 7.59. The van der Waals surface area contributed by atoms with Crippen LogP contribution < -0.4 is 5.32 Å². The summed E-state index contributed by atoms with van der Waals surface area (Å²) < 4.78 is 0. The third kappa shape index (κ3) is 4.20. The van der Waals surface area contributed by atoms with Gasteiger partial charge in [0.25, 0.3) is 5.91 Å². The molecule has 2 aliphatic heterocycles. The van der Waals surface area contributed by atoms with Crippen LogP contribution in [0.25, 0.3) is 0 Å². The molecule has 0 atom stereocenters. The quantitative estimate of drug-likeness (QED) is 0.684. The summed E-state index contributed by atoms with van der Waals surface area (Å²) in [6.45, 7) is 1.89. The molecule has 0 unspecified atom stereocenters. The molecule has 2 heterocycles. The fraction of sp³-hybridized carbons (Fsp3) is 0.333. The number of hydrogen-bond acceptors (Lipinski definition) is 3. The number of carbonyl (C=O) groups is 2. The Labute approximate surface area is 184 Å². The van der Waals surface area contributed by atoms with Crippen LogP contribution in [0.1, 0.15) is 23.2 Å². The summed E-state index contributed by atoms with van der Waals surface area (Å²) in [5, 5.41) is 4.01. The minimum Gasteiger partial charge on any atom is -0.324 e. The maximum Gasteiger partial charge on any atom is 0.321 e. The van der Waals surface area contributed by atoms with E-state index in [0.717, 1.165) is 18.6 Å². The Morgan fingerprint density at radius 3 is 2.34 bits per heavy atom. The molecule has 0 saturated carbocycles. The van der Waals surface area contributed by atoms with Crippen LogP contribution in [0.15, 0.2) is 48.5 Å². The summed E-state index contributed by atoms with van der Waals surface area (Å²) in [6.07, 6.45) is 1.48. The standard InChI is InChI=1S/C21H21Cl2N3O2S/c22-15-5-7-16(8-6-15)24-20(28)25-11-9-21(10-12-25)26(13-14-29-21)19(27)17-3-1-2-4-18(17)23/h1-8H,9-14H2,(H,24,28). The molecule has 2 fully saturated rings. The van der Waals surface area contributed by atoms with Gasteiger partial charge in [-0.2, -0.15) is 0 Å². The summed E-state index contributed by atoms with van der Waals surface area (Å²) in [6, 6.07) is 14.1. The summed E-state index contributed by atoms with van der Waals surface area (Å²) in [4.78, 5) is 29.2. The second-order valence-electron chi connectivity index (χ2n) is 7.16.